The van der Waals surface area contributed by atoms with Gasteiger partial charge in [0.15, 0.2) is 17.0 Å². The predicted molar refractivity (Wildman–Crippen MR) is 139 cm³/mol. The van der Waals surface area contributed by atoms with Gasteiger partial charge in [-0.15, -0.1) is 0 Å². The third-order valence-electron chi connectivity index (χ3n) is 5.54. The van der Waals surface area contributed by atoms with Gasteiger partial charge in [0.05, 0.1) is 18.4 Å². The van der Waals surface area contributed by atoms with Gasteiger partial charge in [0.2, 0.25) is 5.95 Å². The van der Waals surface area contributed by atoms with Crippen molar-refractivity contribution in [1.29, 1.82) is 0 Å². The fourth-order valence-electron chi connectivity index (χ4n) is 3.67. The number of amides is 1. The first-order chi connectivity index (χ1) is 17.0. The Balaban J connectivity index is 1.85. The van der Waals surface area contributed by atoms with Crippen LogP contribution in [0.4, 0.5) is 17.5 Å². The molecule has 1 atom stereocenters. The van der Waals surface area contributed by atoms with Crippen molar-refractivity contribution in [2.45, 2.75) is 53.1 Å². The summed E-state index contributed by atoms with van der Waals surface area (Å²) in [7, 11) is 0. The van der Waals surface area contributed by atoms with Gasteiger partial charge >= 0.3 is 5.97 Å². The highest BCUT2D eigenvalue weighted by molar-refractivity contribution is 5.95. The molecule has 1 aromatic carbocycles. The molecule has 11 nitrogen and oxygen atoms in total. The van der Waals surface area contributed by atoms with Crippen LogP contribution in [0.3, 0.4) is 0 Å². The molecule has 0 spiro atoms. The van der Waals surface area contributed by atoms with E-state index in [1.807, 2.05) is 32.9 Å². The standard InChI is InChI=1S/C25H32N8O3/c1-14(2)9-10-33(13-18-12-28-23-21(30-18)22(26)31-25(27)32-23)19-7-6-17(11-15(19)3)24(36)29-16(4)5-8-20(34)35/h6-7,9,11-12,16H,5,8,10,13H2,1-4H3,(H,29,36)(H,34,35)(H4,26,27,28,31,32). The summed E-state index contributed by atoms with van der Waals surface area (Å²) < 4.78 is 0. The summed E-state index contributed by atoms with van der Waals surface area (Å²) in [5, 5.41) is 11.7. The fourth-order valence-corrected chi connectivity index (χ4v) is 3.67. The first-order valence-corrected chi connectivity index (χ1v) is 11.6. The van der Waals surface area contributed by atoms with E-state index in [1.54, 1.807) is 19.2 Å². The first-order valence-electron chi connectivity index (χ1n) is 11.6. The van der Waals surface area contributed by atoms with E-state index in [0.717, 1.165) is 11.3 Å². The number of hydrogen-bond acceptors (Lipinski definition) is 9. The average molecular weight is 493 g/mol. The number of nitrogens with one attached hydrogen (secondary N) is 1. The number of carbonyl (C=O) groups excluding carboxylic acids is 1. The Morgan fingerprint density at radius 1 is 1.19 bits per heavy atom. The molecule has 0 aliphatic carbocycles. The van der Waals surface area contributed by atoms with Gasteiger partial charge in [0.25, 0.3) is 5.91 Å². The van der Waals surface area contributed by atoms with Gasteiger partial charge in [-0.25, -0.2) is 9.97 Å². The Kier molecular flexibility index (Phi) is 8.36. The van der Waals surface area contributed by atoms with E-state index < -0.39 is 5.97 Å². The normalized spacial score (nSPS) is 11.7. The lowest BCUT2D eigenvalue weighted by Crippen LogP contribution is -2.33. The Morgan fingerprint density at radius 3 is 2.61 bits per heavy atom. The summed E-state index contributed by atoms with van der Waals surface area (Å²) >= 11 is 0. The lowest BCUT2D eigenvalue weighted by Gasteiger charge is -2.26. The molecule has 0 aliphatic heterocycles. The SMILES string of the molecule is CC(C)=CCN(Cc1cnc2nc(N)nc(N)c2n1)c1ccc(C(=O)NC(C)CCC(=O)O)cc1C. The molecule has 3 aromatic rings. The topological polar surface area (TPSA) is 173 Å². The molecule has 3 rings (SSSR count). The van der Waals surface area contributed by atoms with E-state index in [4.69, 9.17) is 16.6 Å². The number of carboxylic acid groups (broad SMARTS) is 1. The minimum absolute atomic E-state index is 0.00155. The van der Waals surface area contributed by atoms with E-state index in [2.05, 4.69) is 36.2 Å². The second-order valence-corrected chi connectivity index (χ2v) is 8.97. The maximum Gasteiger partial charge on any atom is 0.303 e. The number of anilines is 3. The van der Waals surface area contributed by atoms with Crippen LogP contribution in [0.15, 0.2) is 36.0 Å². The molecule has 6 N–H and O–H groups in total. The smallest absolute Gasteiger partial charge is 0.303 e. The van der Waals surface area contributed by atoms with Crippen molar-refractivity contribution < 1.29 is 14.7 Å². The van der Waals surface area contributed by atoms with E-state index in [1.165, 1.54) is 5.57 Å². The zero-order valence-corrected chi connectivity index (χ0v) is 20.9. The quantitative estimate of drug-likeness (QED) is 0.308. The summed E-state index contributed by atoms with van der Waals surface area (Å²) in [5.74, 6) is -0.910. The number of carbonyl (C=O) groups is 2. The highest BCUT2D eigenvalue weighted by Gasteiger charge is 2.16. The van der Waals surface area contributed by atoms with Crippen LogP contribution >= 0.6 is 0 Å². The largest absolute Gasteiger partial charge is 0.481 e. The van der Waals surface area contributed by atoms with Crippen LogP contribution in [-0.4, -0.2) is 49.5 Å². The van der Waals surface area contributed by atoms with Gasteiger partial charge in [-0.1, -0.05) is 11.6 Å². The monoisotopic (exact) mass is 492 g/mol. The molecule has 0 radical (unpaired) electrons. The highest BCUT2D eigenvalue weighted by Crippen LogP contribution is 2.24. The molecule has 36 heavy (non-hydrogen) atoms. The van der Waals surface area contributed by atoms with Crippen LogP contribution in [0.2, 0.25) is 0 Å². The van der Waals surface area contributed by atoms with Crippen molar-refractivity contribution in [3.8, 4) is 0 Å². The lowest BCUT2D eigenvalue weighted by atomic mass is 10.1. The van der Waals surface area contributed by atoms with Crippen LogP contribution < -0.4 is 21.7 Å². The van der Waals surface area contributed by atoms with Crippen molar-refractivity contribution in [3.63, 3.8) is 0 Å². The van der Waals surface area contributed by atoms with Gasteiger partial charge in [-0.2, -0.15) is 9.97 Å². The third kappa shape index (κ3) is 6.87. The number of aromatic nitrogens is 4. The van der Waals surface area contributed by atoms with Crippen molar-refractivity contribution >= 4 is 40.5 Å². The molecule has 11 heteroatoms. The summed E-state index contributed by atoms with van der Waals surface area (Å²) in [4.78, 5) is 42.6. The number of carboxylic acids is 1. The molecule has 0 saturated carbocycles. The van der Waals surface area contributed by atoms with Crippen molar-refractivity contribution in [2.75, 3.05) is 22.9 Å². The van der Waals surface area contributed by atoms with Crippen molar-refractivity contribution in [3.05, 3.63) is 52.9 Å². The van der Waals surface area contributed by atoms with Gasteiger partial charge in [-0.05, 0) is 57.9 Å². The molecule has 0 aliphatic rings. The van der Waals surface area contributed by atoms with Gasteiger partial charge in [-0.3, -0.25) is 9.59 Å². The average Bonchev–Trinajstić information content (AvgIpc) is 2.80. The van der Waals surface area contributed by atoms with Gasteiger partial charge < -0.3 is 26.8 Å². The summed E-state index contributed by atoms with van der Waals surface area (Å²) in [6.45, 7) is 8.85. The number of fused-ring (bicyclic) bond motifs is 1. The van der Waals surface area contributed by atoms with E-state index in [-0.39, 0.29) is 30.1 Å². The molecule has 0 fully saturated rings. The van der Waals surface area contributed by atoms with E-state index in [0.29, 0.717) is 41.9 Å². The van der Waals surface area contributed by atoms with Crippen molar-refractivity contribution in [2.24, 2.45) is 0 Å². The van der Waals surface area contributed by atoms with E-state index >= 15 is 0 Å². The van der Waals surface area contributed by atoms with Crippen LogP contribution in [0.25, 0.3) is 11.2 Å². The van der Waals surface area contributed by atoms with Crippen LogP contribution in [0, 0.1) is 6.92 Å². The molecule has 1 amide bonds. The molecule has 0 bridgehead atoms. The number of nitrogen functional groups attached to an aromatic ring is 2. The second-order valence-electron chi connectivity index (χ2n) is 8.97. The van der Waals surface area contributed by atoms with Crippen molar-refractivity contribution in [1.82, 2.24) is 25.3 Å². The Morgan fingerprint density at radius 2 is 1.94 bits per heavy atom. The summed E-state index contributed by atoms with van der Waals surface area (Å²) in [5.41, 5.74) is 16.6. The fraction of sp³-hybridized carbons (Fsp3) is 0.360. The molecular formula is C25H32N8O3. The Labute approximate surface area is 209 Å². The number of allylic oxidation sites excluding steroid dienone is 1. The molecule has 2 heterocycles. The second kappa shape index (κ2) is 11.4. The molecule has 1 unspecified atom stereocenters. The number of hydrogen-bond donors (Lipinski definition) is 4. The number of nitrogens with two attached hydrogens (primary N) is 2. The molecule has 190 valence electrons. The number of nitrogens with zero attached hydrogens (tertiary/aromatic N) is 5. The minimum Gasteiger partial charge on any atom is -0.481 e. The van der Waals surface area contributed by atoms with Crippen LogP contribution in [-0.2, 0) is 11.3 Å². The zero-order valence-electron chi connectivity index (χ0n) is 20.9. The van der Waals surface area contributed by atoms with Gasteiger partial charge in [0.1, 0.15) is 0 Å². The summed E-state index contributed by atoms with van der Waals surface area (Å²) in [6, 6.07) is 5.24. The number of aryl methyl sites for hydroxylation is 1. The van der Waals surface area contributed by atoms with Crippen LogP contribution in [0.5, 0.6) is 0 Å². The Bertz CT molecular complexity index is 1300. The predicted octanol–water partition coefficient (Wildman–Crippen LogP) is 2.85. The van der Waals surface area contributed by atoms with Gasteiger partial charge in [0, 0.05) is 30.3 Å². The maximum absolute atomic E-state index is 12.7. The third-order valence-corrected chi connectivity index (χ3v) is 5.54. The number of rotatable bonds is 10. The highest BCUT2D eigenvalue weighted by atomic mass is 16.4. The molecular weight excluding hydrogens is 460 g/mol. The number of aliphatic carboxylic acids is 1. The molecule has 2 aromatic heterocycles. The first kappa shape index (κ1) is 26.3. The summed E-state index contributed by atoms with van der Waals surface area (Å²) in [6.07, 6.45) is 4.11. The zero-order chi connectivity index (χ0) is 26.4. The molecule has 0 saturated heterocycles. The minimum atomic E-state index is -0.886. The lowest BCUT2D eigenvalue weighted by molar-refractivity contribution is -0.137. The van der Waals surface area contributed by atoms with E-state index in [9.17, 15) is 9.59 Å². The Hall–Kier alpha value is -4.28. The van der Waals surface area contributed by atoms with Crippen LogP contribution in [0.1, 0.15) is 55.2 Å². The number of benzene rings is 1. The maximum atomic E-state index is 12.7.